The highest BCUT2D eigenvalue weighted by Crippen LogP contribution is 2.29. The Hall–Kier alpha value is -2.40. The minimum Gasteiger partial charge on any atom is -0.489 e. The van der Waals surface area contributed by atoms with Crippen molar-refractivity contribution >= 4 is 11.4 Å². The Kier molecular flexibility index (Phi) is 5.66. The van der Waals surface area contributed by atoms with Crippen molar-refractivity contribution in [2.75, 3.05) is 18.0 Å². The number of anilines is 2. The maximum atomic E-state index is 6.24. The molecule has 134 valence electrons. The maximum absolute atomic E-state index is 6.24. The molecule has 0 spiro atoms. The third kappa shape index (κ3) is 4.57. The van der Waals surface area contributed by atoms with Crippen LogP contribution in [0.3, 0.4) is 0 Å². The summed E-state index contributed by atoms with van der Waals surface area (Å²) in [6, 6.07) is 13.4. The Bertz CT molecular complexity index is 699. The number of ether oxygens (including phenoxy) is 2. The first kappa shape index (κ1) is 17.4. The van der Waals surface area contributed by atoms with E-state index in [9.17, 15) is 0 Å². The van der Waals surface area contributed by atoms with Crippen LogP contribution in [-0.4, -0.2) is 18.7 Å². The van der Waals surface area contributed by atoms with Gasteiger partial charge in [0.25, 0.3) is 0 Å². The van der Waals surface area contributed by atoms with Crippen molar-refractivity contribution in [3.63, 3.8) is 0 Å². The van der Waals surface area contributed by atoms with Gasteiger partial charge in [0, 0.05) is 18.2 Å². The van der Waals surface area contributed by atoms with Gasteiger partial charge >= 0.3 is 0 Å². The van der Waals surface area contributed by atoms with Crippen LogP contribution in [0, 0.1) is 0 Å². The fraction of sp³-hybridized carbons (Fsp3) is 0.400. The van der Waals surface area contributed by atoms with E-state index in [1.165, 1.54) is 19.3 Å². The molecule has 2 aromatic rings. The van der Waals surface area contributed by atoms with Gasteiger partial charge < -0.3 is 26.3 Å². The van der Waals surface area contributed by atoms with Gasteiger partial charge in [0.2, 0.25) is 0 Å². The number of piperidine rings is 1. The summed E-state index contributed by atoms with van der Waals surface area (Å²) < 4.78 is 12.1. The molecule has 2 unspecified atom stereocenters. The lowest BCUT2D eigenvalue weighted by Gasteiger charge is -2.31. The van der Waals surface area contributed by atoms with Gasteiger partial charge in [-0.05, 0) is 50.1 Å². The van der Waals surface area contributed by atoms with Crippen molar-refractivity contribution in [1.29, 1.82) is 0 Å². The van der Waals surface area contributed by atoms with E-state index in [0.717, 1.165) is 18.7 Å². The summed E-state index contributed by atoms with van der Waals surface area (Å²) in [6.45, 7) is 3.24. The first-order valence-electron chi connectivity index (χ1n) is 8.98. The number of nitrogens with two attached hydrogens (primary N) is 2. The smallest absolute Gasteiger partial charge is 0.131 e. The number of hydrogen-bond donors (Lipinski definition) is 3. The number of rotatable bonds is 6. The fourth-order valence-electron chi connectivity index (χ4n) is 3.18. The number of benzene rings is 2. The van der Waals surface area contributed by atoms with Crippen LogP contribution < -0.4 is 26.3 Å². The summed E-state index contributed by atoms with van der Waals surface area (Å²) in [5.41, 5.74) is 12.6. The molecule has 5 nitrogen and oxygen atoms in total. The quantitative estimate of drug-likeness (QED) is 0.693. The van der Waals surface area contributed by atoms with Crippen LogP contribution >= 0.6 is 0 Å². The summed E-state index contributed by atoms with van der Waals surface area (Å²) in [6.07, 6.45) is 4.82. The third-order valence-electron chi connectivity index (χ3n) is 4.59. The molecule has 1 aliphatic rings. The van der Waals surface area contributed by atoms with Crippen LogP contribution in [0.5, 0.6) is 17.2 Å². The maximum Gasteiger partial charge on any atom is 0.131 e. The molecule has 0 aliphatic carbocycles. The standard InChI is InChI=1S/C20H27N3O2/c1-2-20(19-8-3-4-11-23-19)25-15-7-5-6-14(12-15)24-16-9-10-17(21)18(22)13-16/h5-7,9-10,12-13,19-20,23H,2-4,8,11,21-22H2,1H3. The molecule has 0 amide bonds. The average molecular weight is 341 g/mol. The van der Waals surface area contributed by atoms with E-state index >= 15 is 0 Å². The van der Waals surface area contributed by atoms with Crippen molar-refractivity contribution < 1.29 is 9.47 Å². The van der Waals surface area contributed by atoms with Gasteiger partial charge in [-0.1, -0.05) is 19.4 Å². The van der Waals surface area contributed by atoms with Gasteiger partial charge in [-0.15, -0.1) is 0 Å². The van der Waals surface area contributed by atoms with Gasteiger partial charge in [0.05, 0.1) is 11.4 Å². The van der Waals surface area contributed by atoms with Gasteiger partial charge in [0.1, 0.15) is 23.4 Å². The Morgan fingerprint density at radius 2 is 1.84 bits per heavy atom. The minimum atomic E-state index is 0.169. The predicted molar refractivity (Wildman–Crippen MR) is 102 cm³/mol. The average Bonchev–Trinajstić information content (AvgIpc) is 2.64. The Balaban J connectivity index is 1.68. The van der Waals surface area contributed by atoms with E-state index in [2.05, 4.69) is 12.2 Å². The monoisotopic (exact) mass is 341 g/mol. The van der Waals surface area contributed by atoms with E-state index in [-0.39, 0.29) is 6.10 Å². The lowest BCUT2D eigenvalue weighted by atomic mass is 9.98. The van der Waals surface area contributed by atoms with Crippen LogP contribution in [0.1, 0.15) is 32.6 Å². The molecule has 1 heterocycles. The van der Waals surface area contributed by atoms with Crippen molar-refractivity contribution in [3.8, 4) is 17.2 Å². The molecule has 1 aliphatic heterocycles. The number of nitrogen functional groups attached to an aromatic ring is 2. The predicted octanol–water partition coefficient (Wildman–Crippen LogP) is 3.94. The molecule has 0 radical (unpaired) electrons. The summed E-state index contributed by atoms with van der Waals surface area (Å²) in [4.78, 5) is 0. The molecule has 2 aromatic carbocycles. The molecule has 5 heteroatoms. The largest absolute Gasteiger partial charge is 0.489 e. The Morgan fingerprint density at radius 1 is 1.04 bits per heavy atom. The van der Waals surface area contributed by atoms with Crippen LogP contribution in [0.2, 0.25) is 0 Å². The molecule has 0 aromatic heterocycles. The van der Waals surface area contributed by atoms with Crippen LogP contribution in [0.15, 0.2) is 42.5 Å². The molecular formula is C20H27N3O2. The zero-order chi connectivity index (χ0) is 17.6. The van der Waals surface area contributed by atoms with E-state index in [0.29, 0.717) is 28.9 Å². The van der Waals surface area contributed by atoms with Crippen LogP contribution in [0.25, 0.3) is 0 Å². The van der Waals surface area contributed by atoms with Gasteiger partial charge in [-0.25, -0.2) is 0 Å². The molecule has 3 rings (SSSR count). The summed E-state index contributed by atoms with van der Waals surface area (Å²) >= 11 is 0. The molecule has 2 atom stereocenters. The fourth-order valence-corrected chi connectivity index (χ4v) is 3.18. The zero-order valence-corrected chi connectivity index (χ0v) is 14.7. The zero-order valence-electron chi connectivity index (χ0n) is 14.7. The molecule has 5 N–H and O–H groups in total. The molecular weight excluding hydrogens is 314 g/mol. The molecule has 25 heavy (non-hydrogen) atoms. The number of hydrogen-bond acceptors (Lipinski definition) is 5. The van der Waals surface area contributed by atoms with Gasteiger partial charge in [-0.3, -0.25) is 0 Å². The van der Waals surface area contributed by atoms with E-state index in [1.54, 1.807) is 18.2 Å². The summed E-state index contributed by atoms with van der Waals surface area (Å²) in [7, 11) is 0. The van der Waals surface area contributed by atoms with Crippen molar-refractivity contribution in [2.45, 2.75) is 44.8 Å². The van der Waals surface area contributed by atoms with Crippen molar-refractivity contribution in [1.82, 2.24) is 5.32 Å². The normalized spacial score (nSPS) is 18.5. The highest BCUT2D eigenvalue weighted by atomic mass is 16.5. The highest BCUT2D eigenvalue weighted by molar-refractivity contribution is 5.65. The second-order valence-electron chi connectivity index (χ2n) is 6.49. The van der Waals surface area contributed by atoms with Gasteiger partial charge in [-0.2, -0.15) is 0 Å². The second kappa shape index (κ2) is 8.12. The second-order valence-corrected chi connectivity index (χ2v) is 6.49. The van der Waals surface area contributed by atoms with Crippen LogP contribution in [0.4, 0.5) is 11.4 Å². The third-order valence-corrected chi connectivity index (χ3v) is 4.59. The first-order chi connectivity index (χ1) is 12.2. The van der Waals surface area contributed by atoms with Crippen molar-refractivity contribution in [2.24, 2.45) is 0 Å². The Labute approximate surface area is 149 Å². The topological polar surface area (TPSA) is 82.5 Å². The highest BCUT2D eigenvalue weighted by Gasteiger charge is 2.23. The molecule has 0 bridgehead atoms. The van der Waals surface area contributed by atoms with E-state index in [1.807, 2.05) is 24.3 Å². The minimum absolute atomic E-state index is 0.169. The first-order valence-corrected chi connectivity index (χ1v) is 8.98. The lowest BCUT2D eigenvalue weighted by molar-refractivity contribution is 0.132. The molecule has 1 saturated heterocycles. The van der Waals surface area contributed by atoms with Gasteiger partial charge in [0.15, 0.2) is 0 Å². The van der Waals surface area contributed by atoms with Crippen molar-refractivity contribution in [3.05, 3.63) is 42.5 Å². The van der Waals surface area contributed by atoms with E-state index < -0.39 is 0 Å². The SMILES string of the molecule is CCC(Oc1cccc(Oc2ccc(N)c(N)c2)c1)C1CCCCN1. The Morgan fingerprint density at radius 3 is 2.56 bits per heavy atom. The number of nitrogens with one attached hydrogen (secondary N) is 1. The molecule has 1 fully saturated rings. The van der Waals surface area contributed by atoms with Crippen LogP contribution in [-0.2, 0) is 0 Å². The van der Waals surface area contributed by atoms with E-state index in [4.69, 9.17) is 20.9 Å². The summed E-state index contributed by atoms with van der Waals surface area (Å²) in [5.74, 6) is 2.19. The summed E-state index contributed by atoms with van der Waals surface area (Å²) in [5, 5.41) is 3.57. The molecule has 0 saturated carbocycles. The lowest BCUT2D eigenvalue weighted by Crippen LogP contribution is -2.45.